The molecule has 0 spiro atoms. The maximum absolute atomic E-state index is 12.7. The monoisotopic (exact) mass is 421 g/mol. The molecule has 1 unspecified atom stereocenters. The lowest BCUT2D eigenvalue weighted by Gasteiger charge is -2.28. The molecule has 0 aliphatic carbocycles. The van der Waals surface area contributed by atoms with E-state index in [0.29, 0.717) is 23.7 Å². The van der Waals surface area contributed by atoms with Crippen LogP contribution in [0.15, 0.2) is 48.5 Å². The number of carbonyl (C=O) groups is 1. The Labute approximate surface area is 171 Å². The molecule has 0 radical (unpaired) electrons. The van der Waals surface area contributed by atoms with E-state index in [9.17, 15) is 13.2 Å². The SMILES string of the molecule is CCCN(C(=O)COc1ccc(-c2ccccc2)cc1Cl)C1CCS(=O)(=O)C1. The van der Waals surface area contributed by atoms with Crippen molar-refractivity contribution in [3.8, 4) is 16.9 Å². The number of halogens is 1. The van der Waals surface area contributed by atoms with E-state index in [4.69, 9.17) is 16.3 Å². The minimum absolute atomic E-state index is 0.0330. The Kier molecular flexibility index (Phi) is 6.62. The van der Waals surface area contributed by atoms with Gasteiger partial charge in [0.2, 0.25) is 0 Å². The van der Waals surface area contributed by atoms with Crippen LogP contribution in [-0.2, 0) is 14.6 Å². The van der Waals surface area contributed by atoms with Gasteiger partial charge in [-0.3, -0.25) is 4.79 Å². The highest BCUT2D eigenvalue weighted by Gasteiger charge is 2.34. The zero-order valence-electron chi connectivity index (χ0n) is 15.8. The summed E-state index contributed by atoms with van der Waals surface area (Å²) in [5.74, 6) is 0.390. The predicted molar refractivity (Wildman–Crippen MR) is 111 cm³/mol. The largest absolute Gasteiger partial charge is 0.482 e. The van der Waals surface area contributed by atoms with Gasteiger partial charge < -0.3 is 9.64 Å². The van der Waals surface area contributed by atoms with Gasteiger partial charge in [0, 0.05) is 12.6 Å². The fourth-order valence-electron chi connectivity index (χ4n) is 3.42. The topological polar surface area (TPSA) is 63.7 Å². The molecular formula is C21H24ClNO4S. The molecule has 0 aromatic heterocycles. The van der Waals surface area contributed by atoms with Crippen LogP contribution in [0.2, 0.25) is 5.02 Å². The zero-order valence-corrected chi connectivity index (χ0v) is 17.4. The molecule has 1 aliphatic heterocycles. The van der Waals surface area contributed by atoms with Crippen LogP contribution in [0.4, 0.5) is 0 Å². The lowest BCUT2D eigenvalue weighted by molar-refractivity contribution is -0.135. The van der Waals surface area contributed by atoms with Crippen molar-refractivity contribution in [2.24, 2.45) is 0 Å². The van der Waals surface area contributed by atoms with Crippen molar-refractivity contribution in [1.29, 1.82) is 0 Å². The van der Waals surface area contributed by atoms with E-state index in [1.807, 2.05) is 49.4 Å². The molecule has 3 rings (SSSR count). The summed E-state index contributed by atoms with van der Waals surface area (Å²) in [5.41, 5.74) is 2.01. The average Bonchev–Trinajstić information content (AvgIpc) is 3.05. The molecule has 5 nitrogen and oxygen atoms in total. The summed E-state index contributed by atoms with van der Waals surface area (Å²) in [6, 6.07) is 15.0. The maximum Gasteiger partial charge on any atom is 0.260 e. The first-order valence-corrected chi connectivity index (χ1v) is 11.6. The number of hydrogen-bond acceptors (Lipinski definition) is 4. The van der Waals surface area contributed by atoms with Crippen molar-refractivity contribution in [2.75, 3.05) is 24.7 Å². The Morgan fingerprint density at radius 3 is 2.54 bits per heavy atom. The minimum Gasteiger partial charge on any atom is -0.482 e. The number of rotatable bonds is 7. The molecule has 1 amide bonds. The second-order valence-electron chi connectivity index (χ2n) is 6.94. The Bertz CT molecular complexity index is 931. The summed E-state index contributed by atoms with van der Waals surface area (Å²) < 4.78 is 29.2. The number of amides is 1. The van der Waals surface area contributed by atoms with E-state index in [1.54, 1.807) is 11.0 Å². The first-order chi connectivity index (χ1) is 13.4. The lowest BCUT2D eigenvalue weighted by atomic mass is 10.1. The van der Waals surface area contributed by atoms with Crippen molar-refractivity contribution >= 4 is 27.3 Å². The highest BCUT2D eigenvalue weighted by atomic mass is 35.5. The number of benzene rings is 2. The molecule has 1 atom stereocenters. The van der Waals surface area contributed by atoms with Crippen molar-refractivity contribution < 1.29 is 17.9 Å². The standard InChI is InChI=1S/C21H24ClNO4S/c1-2-11-23(18-10-12-28(25,26)15-18)21(24)14-27-20-9-8-17(13-19(20)22)16-6-4-3-5-7-16/h3-9,13,18H,2,10-12,14-15H2,1H3. The van der Waals surface area contributed by atoms with Crippen LogP contribution in [0.5, 0.6) is 5.75 Å². The summed E-state index contributed by atoms with van der Waals surface area (Å²) >= 11 is 6.34. The summed E-state index contributed by atoms with van der Waals surface area (Å²) in [4.78, 5) is 14.3. The van der Waals surface area contributed by atoms with Crippen LogP contribution in [0, 0.1) is 0 Å². The highest BCUT2D eigenvalue weighted by molar-refractivity contribution is 7.91. The van der Waals surface area contributed by atoms with Crippen molar-refractivity contribution in [1.82, 2.24) is 4.90 Å². The quantitative estimate of drug-likeness (QED) is 0.681. The van der Waals surface area contributed by atoms with Crippen molar-refractivity contribution in [3.05, 3.63) is 53.6 Å². The van der Waals surface area contributed by atoms with E-state index in [2.05, 4.69) is 0 Å². The summed E-state index contributed by atoms with van der Waals surface area (Å²) in [6.45, 7) is 2.31. The van der Waals surface area contributed by atoms with Gasteiger partial charge >= 0.3 is 0 Å². The number of nitrogens with zero attached hydrogens (tertiary/aromatic N) is 1. The van der Waals surface area contributed by atoms with Gasteiger partial charge in [-0.2, -0.15) is 0 Å². The van der Waals surface area contributed by atoms with Gasteiger partial charge in [0.1, 0.15) is 5.75 Å². The number of ether oxygens (including phenoxy) is 1. The first-order valence-electron chi connectivity index (χ1n) is 9.37. The van der Waals surface area contributed by atoms with E-state index in [-0.39, 0.29) is 30.1 Å². The molecule has 0 saturated carbocycles. The van der Waals surface area contributed by atoms with Crippen LogP contribution < -0.4 is 4.74 Å². The molecule has 28 heavy (non-hydrogen) atoms. The molecule has 1 heterocycles. The second kappa shape index (κ2) is 8.97. The average molecular weight is 422 g/mol. The predicted octanol–water partition coefficient (Wildman–Crippen LogP) is 3.81. The molecule has 1 aliphatic rings. The molecule has 150 valence electrons. The second-order valence-corrected chi connectivity index (χ2v) is 9.58. The summed E-state index contributed by atoms with van der Waals surface area (Å²) in [5, 5.41) is 0.430. The highest BCUT2D eigenvalue weighted by Crippen LogP contribution is 2.30. The van der Waals surface area contributed by atoms with Gasteiger partial charge in [-0.05, 0) is 36.1 Å². The Balaban J connectivity index is 1.66. The van der Waals surface area contributed by atoms with E-state index >= 15 is 0 Å². The van der Waals surface area contributed by atoms with E-state index < -0.39 is 9.84 Å². The third-order valence-corrected chi connectivity index (χ3v) is 6.87. The Hall–Kier alpha value is -2.05. The molecule has 7 heteroatoms. The van der Waals surface area contributed by atoms with Crippen LogP contribution >= 0.6 is 11.6 Å². The maximum atomic E-state index is 12.7. The van der Waals surface area contributed by atoms with E-state index in [0.717, 1.165) is 17.5 Å². The fourth-order valence-corrected chi connectivity index (χ4v) is 5.39. The van der Waals surface area contributed by atoms with Crippen molar-refractivity contribution in [2.45, 2.75) is 25.8 Å². The van der Waals surface area contributed by atoms with Crippen LogP contribution in [0.1, 0.15) is 19.8 Å². The van der Waals surface area contributed by atoms with Gasteiger partial charge in [-0.25, -0.2) is 8.42 Å². The Morgan fingerprint density at radius 2 is 1.93 bits per heavy atom. The van der Waals surface area contributed by atoms with Crippen LogP contribution in [0.25, 0.3) is 11.1 Å². The number of hydrogen-bond donors (Lipinski definition) is 0. The summed E-state index contributed by atoms with van der Waals surface area (Å²) in [6.07, 6.45) is 1.25. The zero-order chi connectivity index (χ0) is 20.1. The summed E-state index contributed by atoms with van der Waals surface area (Å²) in [7, 11) is -3.05. The van der Waals surface area contributed by atoms with Gasteiger partial charge in [-0.15, -0.1) is 0 Å². The molecule has 1 saturated heterocycles. The molecule has 2 aromatic carbocycles. The fraction of sp³-hybridized carbons (Fsp3) is 0.381. The van der Waals surface area contributed by atoms with Gasteiger partial charge in [-0.1, -0.05) is 54.9 Å². The van der Waals surface area contributed by atoms with Gasteiger partial charge in [0.15, 0.2) is 16.4 Å². The third kappa shape index (κ3) is 5.06. The van der Waals surface area contributed by atoms with Crippen molar-refractivity contribution in [3.63, 3.8) is 0 Å². The molecule has 0 bridgehead atoms. The lowest BCUT2D eigenvalue weighted by Crippen LogP contribution is -2.44. The number of sulfone groups is 1. The number of carbonyl (C=O) groups excluding carboxylic acids is 1. The normalized spacial score (nSPS) is 18.0. The molecule has 2 aromatic rings. The van der Waals surface area contributed by atoms with Crippen LogP contribution in [-0.4, -0.2) is 49.9 Å². The van der Waals surface area contributed by atoms with Gasteiger partial charge in [0.25, 0.3) is 5.91 Å². The molecule has 1 fully saturated rings. The van der Waals surface area contributed by atoms with Gasteiger partial charge in [0.05, 0.1) is 16.5 Å². The van der Waals surface area contributed by atoms with Crippen LogP contribution in [0.3, 0.4) is 0 Å². The Morgan fingerprint density at radius 1 is 1.18 bits per heavy atom. The van der Waals surface area contributed by atoms with E-state index in [1.165, 1.54) is 0 Å². The third-order valence-electron chi connectivity index (χ3n) is 4.82. The first kappa shape index (κ1) is 20.7. The smallest absolute Gasteiger partial charge is 0.260 e. The molecular weight excluding hydrogens is 398 g/mol. The molecule has 0 N–H and O–H groups in total. The minimum atomic E-state index is -3.05.